The normalized spacial score (nSPS) is 16.1. The van der Waals surface area contributed by atoms with Gasteiger partial charge in [0, 0.05) is 31.1 Å². The molecule has 0 spiro atoms. The Hall–Kier alpha value is -3.06. The minimum atomic E-state index is -0.283. The maximum Gasteiger partial charge on any atom is 0.244 e. The van der Waals surface area contributed by atoms with Crippen LogP contribution in [0.3, 0.4) is 0 Å². The van der Waals surface area contributed by atoms with Gasteiger partial charge in [0.25, 0.3) is 0 Å². The van der Waals surface area contributed by atoms with Crippen molar-refractivity contribution in [1.29, 1.82) is 0 Å². The molecule has 1 unspecified atom stereocenters. The third-order valence-electron chi connectivity index (χ3n) is 6.16. The lowest BCUT2D eigenvalue weighted by Crippen LogP contribution is -2.45. The quantitative estimate of drug-likeness (QED) is 0.592. The fourth-order valence-electron chi connectivity index (χ4n) is 4.04. The first-order chi connectivity index (χ1) is 15.5. The molecule has 1 aromatic heterocycles. The van der Waals surface area contributed by atoms with E-state index >= 15 is 0 Å². The van der Waals surface area contributed by atoms with Crippen LogP contribution in [-0.4, -0.2) is 40.1 Å². The molecular formula is C25H29FN4O2. The van der Waals surface area contributed by atoms with Gasteiger partial charge in [-0.2, -0.15) is 4.98 Å². The molecule has 2 aromatic carbocycles. The number of hydrogen-bond donors (Lipinski definition) is 1. The van der Waals surface area contributed by atoms with E-state index in [2.05, 4.69) is 20.4 Å². The lowest BCUT2D eigenvalue weighted by atomic mass is 10.0. The maximum absolute atomic E-state index is 13.9. The number of piperidine rings is 1. The molecule has 0 bridgehead atoms. The molecule has 0 saturated carbocycles. The Kier molecular flexibility index (Phi) is 6.95. The van der Waals surface area contributed by atoms with Crippen molar-refractivity contribution in [3.63, 3.8) is 0 Å². The highest BCUT2D eigenvalue weighted by molar-refractivity contribution is 5.76. The summed E-state index contributed by atoms with van der Waals surface area (Å²) in [5.74, 6) is 0.736. The summed E-state index contributed by atoms with van der Waals surface area (Å²) in [6, 6.07) is 15.2. The highest BCUT2D eigenvalue weighted by atomic mass is 19.1. The van der Waals surface area contributed by atoms with Crippen LogP contribution in [0.2, 0.25) is 0 Å². The molecule has 0 aliphatic carbocycles. The van der Waals surface area contributed by atoms with Crippen molar-refractivity contribution in [2.24, 2.45) is 0 Å². The van der Waals surface area contributed by atoms with Crippen LogP contribution in [0.25, 0.3) is 11.4 Å². The van der Waals surface area contributed by atoms with E-state index in [-0.39, 0.29) is 23.8 Å². The molecule has 0 radical (unpaired) electrons. The molecular weight excluding hydrogens is 407 g/mol. The van der Waals surface area contributed by atoms with Gasteiger partial charge in [0.15, 0.2) is 0 Å². The van der Waals surface area contributed by atoms with Crippen LogP contribution < -0.4 is 5.32 Å². The summed E-state index contributed by atoms with van der Waals surface area (Å²) in [6.07, 6.45) is 3.02. The third-order valence-corrected chi connectivity index (χ3v) is 6.16. The lowest BCUT2D eigenvalue weighted by Gasteiger charge is -2.34. The average Bonchev–Trinajstić information content (AvgIpc) is 3.31. The molecule has 168 valence electrons. The zero-order valence-corrected chi connectivity index (χ0v) is 18.6. The number of carbonyl (C=O) groups excluding carboxylic acids is 1. The molecule has 4 rings (SSSR count). The molecule has 1 atom stereocenters. The van der Waals surface area contributed by atoms with Crippen LogP contribution in [0.5, 0.6) is 0 Å². The molecule has 1 fully saturated rings. The summed E-state index contributed by atoms with van der Waals surface area (Å²) < 4.78 is 19.3. The Morgan fingerprint density at radius 1 is 1.22 bits per heavy atom. The first-order valence-electron chi connectivity index (χ1n) is 11.2. The highest BCUT2D eigenvalue weighted by Gasteiger charge is 2.27. The van der Waals surface area contributed by atoms with E-state index in [4.69, 9.17) is 4.52 Å². The summed E-state index contributed by atoms with van der Waals surface area (Å²) in [5.41, 5.74) is 2.37. The van der Waals surface area contributed by atoms with E-state index in [1.54, 1.807) is 19.1 Å². The van der Waals surface area contributed by atoms with Gasteiger partial charge >= 0.3 is 0 Å². The van der Waals surface area contributed by atoms with Crippen molar-refractivity contribution < 1.29 is 13.7 Å². The molecule has 1 amide bonds. The zero-order chi connectivity index (χ0) is 22.5. The van der Waals surface area contributed by atoms with Gasteiger partial charge in [0.1, 0.15) is 5.82 Å². The highest BCUT2D eigenvalue weighted by Crippen LogP contribution is 2.26. The van der Waals surface area contributed by atoms with Crippen molar-refractivity contribution in [3.8, 4) is 11.4 Å². The monoisotopic (exact) mass is 436 g/mol. The van der Waals surface area contributed by atoms with E-state index in [1.807, 2.05) is 37.3 Å². The van der Waals surface area contributed by atoms with E-state index in [9.17, 15) is 9.18 Å². The predicted molar refractivity (Wildman–Crippen MR) is 120 cm³/mol. The molecule has 6 nitrogen and oxygen atoms in total. The van der Waals surface area contributed by atoms with E-state index in [0.29, 0.717) is 29.3 Å². The summed E-state index contributed by atoms with van der Waals surface area (Å²) in [5, 5.41) is 7.21. The number of rotatable bonds is 7. The minimum absolute atomic E-state index is 0.0405. The number of benzene rings is 2. The SMILES string of the molecule is Cc1ccc(-c2noc(C(C)N3CCC(NC(=O)CCc4ccccc4)CC3)n2)cc1F. The topological polar surface area (TPSA) is 71.3 Å². The smallest absolute Gasteiger partial charge is 0.244 e. The first kappa shape index (κ1) is 22.1. The number of aromatic nitrogens is 2. The van der Waals surface area contributed by atoms with Crippen LogP contribution in [0.15, 0.2) is 53.1 Å². The van der Waals surface area contributed by atoms with Gasteiger partial charge in [-0.05, 0) is 50.3 Å². The Bertz CT molecular complexity index is 1050. The van der Waals surface area contributed by atoms with Gasteiger partial charge in [-0.25, -0.2) is 4.39 Å². The van der Waals surface area contributed by atoms with Gasteiger partial charge in [-0.15, -0.1) is 0 Å². The molecule has 1 N–H and O–H groups in total. The Labute approximate surface area is 187 Å². The molecule has 3 aromatic rings. The molecule has 7 heteroatoms. The Balaban J connectivity index is 1.26. The molecule has 1 saturated heterocycles. The second-order valence-corrected chi connectivity index (χ2v) is 8.46. The molecule has 32 heavy (non-hydrogen) atoms. The largest absolute Gasteiger partial charge is 0.353 e. The van der Waals surface area contributed by atoms with Crippen LogP contribution >= 0.6 is 0 Å². The molecule has 1 aliphatic heterocycles. The Morgan fingerprint density at radius 2 is 1.97 bits per heavy atom. The molecule has 2 heterocycles. The number of amides is 1. The minimum Gasteiger partial charge on any atom is -0.353 e. The summed E-state index contributed by atoms with van der Waals surface area (Å²) >= 11 is 0. The van der Waals surface area contributed by atoms with E-state index < -0.39 is 0 Å². The number of likely N-dealkylation sites (tertiary alicyclic amines) is 1. The molecule has 1 aliphatic rings. The van der Waals surface area contributed by atoms with Crippen molar-refractivity contribution in [1.82, 2.24) is 20.4 Å². The summed E-state index contributed by atoms with van der Waals surface area (Å²) in [7, 11) is 0. The van der Waals surface area contributed by atoms with Crippen molar-refractivity contribution in [3.05, 3.63) is 71.4 Å². The number of aryl methyl sites for hydroxylation is 2. The van der Waals surface area contributed by atoms with Crippen LogP contribution in [0, 0.1) is 12.7 Å². The fourth-order valence-corrected chi connectivity index (χ4v) is 4.04. The average molecular weight is 437 g/mol. The van der Waals surface area contributed by atoms with E-state index in [1.165, 1.54) is 11.6 Å². The maximum atomic E-state index is 13.9. The van der Waals surface area contributed by atoms with E-state index in [0.717, 1.165) is 32.4 Å². The number of carbonyl (C=O) groups is 1. The standard InChI is InChI=1S/C25H29FN4O2/c1-17-8-10-20(16-22(17)26)24-28-25(32-29-24)18(2)30-14-12-21(13-15-30)27-23(31)11-9-19-6-4-3-5-7-19/h3-8,10,16,18,21H,9,11-15H2,1-2H3,(H,27,31). The van der Waals surface area contributed by atoms with Crippen LogP contribution in [-0.2, 0) is 11.2 Å². The van der Waals surface area contributed by atoms with Gasteiger partial charge in [0.05, 0.1) is 6.04 Å². The zero-order valence-electron chi connectivity index (χ0n) is 18.6. The third kappa shape index (κ3) is 5.40. The predicted octanol–water partition coefficient (Wildman–Crippen LogP) is 4.46. The fraction of sp³-hybridized carbons (Fsp3) is 0.400. The van der Waals surface area contributed by atoms with Crippen molar-refractivity contribution in [2.75, 3.05) is 13.1 Å². The second-order valence-electron chi connectivity index (χ2n) is 8.46. The van der Waals surface area contributed by atoms with Gasteiger partial charge < -0.3 is 9.84 Å². The van der Waals surface area contributed by atoms with Gasteiger partial charge in [-0.3, -0.25) is 9.69 Å². The Morgan fingerprint density at radius 3 is 2.69 bits per heavy atom. The number of halogens is 1. The number of nitrogens with one attached hydrogen (secondary N) is 1. The number of hydrogen-bond acceptors (Lipinski definition) is 5. The summed E-state index contributed by atoms with van der Waals surface area (Å²) in [4.78, 5) is 19.1. The van der Waals surface area contributed by atoms with Gasteiger partial charge in [0.2, 0.25) is 17.6 Å². The summed E-state index contributed by atoms with van der Waals surface area (Å²) in [6.45, 7) is 5.42. The lowest BCUT2D eigenvalue weighted by molar-refractivity contribution is -0.122. The number of nitrogens with zero attached hydrogens (tertiary/aromatic N) is 3. The van der Waals surface area contributed by atoms with Gasteiger partial charge in [-0.1, -0.05) is 47.6 Å². The van der Waals surface area contributed by atoms with Crippen molar-refractivity contribution >= 4 is 5.91 Å². The van der Waals surface area contributed by atoms with Crippen LogP contribution in [0.1, 0.15) is 49.2 Å². The first-order valence-corrected chi connectivity index (χ1v) is 11.2. The van der Waals surface area contributed by atoms with Crippen LogP contribution in [0.4, 0.5) is 4.39 Å². The second kappa shape index (κ2) is 10.0. The van der Waals surface area contributed by atoms with Crippen molar-refractivity contribution in [2.45, 2.75) is 51.6 Å².